The Bertz CT molecular complexity index is 188. The van der Waals surface area contributed by atoms with Crippen LogP contribution < -0.4 is 10.6 Å². The molecular weight excluding hydrogens is 179 g/mol. The molecule has 0 saturated carbocycles. The molecule has 2 saturated heterocycles. The van der Waals surface area contributed by atoms with Crippen molar-refractivity contribution in [3.05, 3.63) is 0 Å². The van der Waals surface area contributed by atoms with Crippen LogP contribution in [0.15, 0.2) is 0 Å². The van der Waals surface area contributed by atoms with Crippen molar-refractivity contribution in [2.75, 3.05) is 26.2 Å². The Balaban J connectivity index is 1.99. The number of alkyl halides is 1. The van der Waals surface area contributed by atoms with Crippen LogP contribution in [0.25, 0.3) is 0 Å². The monoisotopic (exact) mass is 200 g/mol. The fourth-order valence-electron chi connectivity index (χ4n) is 2.89. The second kappa shape index (κ2) is 4.15. The summed E-state index contributed by atoms with van der Waals surface area (Å²) in [5.41, 5.74) is -0.937. The molecule has 0 radical (unpaired) electrons. The second-order valence-electron chi connectivity index (χ2n) is 4.93. The molecule has 0 amide bonds. The first-order valence-electron chi connectivity index (χ1n) is 5.80. The Morgan fingerprint density at radius 1 is 1.14 bits per heavy atom. The summed E-state index contributed by atoms with van der Waals surface area (Å²) < 4.78 is 14.3. The van der Waals surface area contributed by atoms with E-state index in [0.717, 1.165) is 39.0 Å². The molecule has 2 atom stereocenters. The molecule has 2 rings (SSSR count). The molecule has 82 valence electrons. The van der Waals surface area contributed by atoms with Gasteiger partial charge in [-0.3, -0.25) is 0 Å². The van der Waals surface area contributed by atoms with Crippen LogP contribution >= 0.6 is 0 Å². The molecule has 3 heteroatoms. The highest BCUT2D eigenvalue weighted by Gasteiger charge is 2.41. The normalized spacial score (nSPS) is 41.1. The predicted octanol–water partition coefficient (Wildman–Crippen LogP) is 1.32. The van der Waals surface area contributed by atoms with Gasteiger partial charge < -0.3 is 10.6 Å². The highest BCUT2D eigenvalue weighted by Crippen LogP contribution is 2.37. The van der Waals surface area contributed by atoms with Crippen molar-refractivity contribution in [3.8, 4) is 0 Å². The van der Waals surface area contributed by atoms with Gasteiger partial charge in [-0.2, -0.15) is 0 Å². The highest BCUT2D eigenvalue weighted by molar-refractivity contribution is 4.93. The molecule has 2 aliphatic heterocycles. The zero-order valence-corrected chi connectivity index (χ0v) is 8.98. The first-order valence-corrected chi connectivity index (χ1v) is 5.80. The largest absolute Gasteiger partial charge is 0.317 e. The number of hydrogen-bond acceptors (Lipinski definition) is 2. The SMILES string of the molecule is CC1(F)CCNCC1C1CCNCC1. The van der Waals surface area contributed by atoms with Crippen LogP contribution in [0.5, 0.6) is 0 Å². The third-order valence-electron chi connectivity index (χ3n) is 3.88. The van der Waals surface area contributed by atoms with Gasteiger partial charge in [0.25, 0.3) is 0 Å². The molecule has 2 heterocycles. The van der Waals surface area contributed by atoms with Crippen molar-refractivity contribution >= 4 is 0 Å². The average Bonchev–Trinajstić information content (AvgIpc) is 2.18. The summed E-state index contributed by atoms with van der Waals surface area (Å²) in [6, 6.07) is 0. The minimum absolute atomic E-state index is 0.235. The lowest BCUT2D eigenvalue weighted by Crippen LogP contribution is -2.50. The summed E-state index contributed by atoms with van der Waals surface area (Å²) in [6.07, 6.45) is 2.97. The molecule has 2 fully saturated rings. The quantitative estimate of drug-likeness (QED) is 0.667. The van der Waals surface area contributed by atoms with Gasteiger partial charge in [0.15, 0.2) is 0 Å². The van der Waals surface area contributed by atoms with Gasteiger partial charge in [0, 0.05) is 12.5 Å². The fourth-order valence-corrected chi connectivity index (χ4v) is 2.89. The number of hydrogen-bond donors (Lipinski definition) is 2. The maximum Gasteiger partial charge on any atom is 0.113 e. The number of nitrogens with one attached hydrogen (secondary N) is 2. The minimum atomic E-state index is -0.937. The number of rotatable bonds is 1. The van der Waals surface area contributed by atoms with E-state index in [4.69, 9.17) is 0 Å². The lowest BCUT2D eigenvalue weighted by atomic mass is 9.73. The van der Waals surface area contributed by atoms with Crippen LogP contribution in [-0.2, 0) is 0 Å². The topological polar surface area (TPSA) is 24.1 Å². The standard InChI is InChI=1S/C11H21FN2/c1-11(12)4-7-14-8-10(11)9-2-5-13-6-3-9/h9-10,13-14H,2-8H2,1H3. The van der Waals surface area contributed by atoms with Crippen LogP contribution in [0.1, 0.15) is 26.2 Å². The number of piperidine rings is 2. The predicted molar refractivity (Wildman–Crippen MR) is 56.1 cm³/mol. The van der Waals surface area contributed by atoms with E-state index in [2.05, 4.69) is 10.6 Å². The summed E-state index contributed by atoms with van der Waals surface area (Å²) in [4.78, 5) is 0. The van der Waals surface area contributed by atoms with Gasteiger partial charge in [0.2, 0.25) is 0 Å². The fraction of sp³-hybridized carbons (Fsp3) is 1.00. The molecule has 0 spiro atoms. The molecule has 2 nitrogen and oxygen atoms in total. The summed E-state index contributed by atoms with van der Waals surface area (Å²) in [7, 11) is 0. The summed E-state index contributed by atoms with van der Waals surface area (Å²) >= 11 is 0. The van der Waals surface area contributed by atoms with Gasteiger partial charge in [-0.25, -0.2) is 4.39 Å². The van der Waals surface area contributed by atoms with Crippen molar-refractivity contribution < 1.29 is 4.39 Å². The third-order valence-corrected chi connectivity index (χ3v) is 3.88. The van der Waals surface area contributed by atoms with Crippen LogP contribution in [0.4, 0.5) is 4.39 Å². The van der Waals surface area contributed by atoms with E-state index in [0.29, 0.717) is 12.3 Å². The molecule has 2 N–H and O–H groups in total. The van der Waals surface area contributed by atoms with Crippen molar-refractivity contribution in [2.45, 2.75) is 31.9 Å². The first kappa shape index (κ1) is 10.4. The molecule has 2 aliphatic rings. The van der Waals surface area contributed by atoms with E-state index in [9.17, 15) is 4.39 Å². The van der Waals surface area contributed by atoms with Gasteiger partial charge >= 0.3 is 0 Å². The summed E-state index contributed by atoms with van der Waals surface area (Å²) in [5.74, 6) is 0.817. The maximum absolute atomic E-state index is 14.3. The Morgan fingerprint density at radius 3 is 2.50 bits per heavy atom. The summed E-state index contributed by atoms with van der Waals surface area (Å²) in [6.45, 7) is 5.64. The molecule has 14 heavy (non-hydrogen) atoms. The molecule has 0 aromatic carbocycles. The third kappa shape index (κ3) is 2.09. The van der Waals surface area contributed by atoms with Gasteiger partial charge in [0.1, 0.15) is 5.67 Å². The Hall–Kier alpha value is -0.150. The van der Waals surface area contributed by atoms with E-state index in [1.807, 2.05) is 0 Å². The Kier molecular flexibility index (Phi) is 3.07. The van der Waals surface area contributed by atoms with Crippen molar-refractivity contribution in [2.24, 2.45) is 11.8 Å². The van der Waals surface area contributed by atoms with Gasteiger partial charge in [0.05, 0.1) is 0 Å². The highest BCUT2D eigenvalue weighted by atomic mass is 19.1. The zero-order chi connectivity index (χ0) is 10.0. The van der Waals surface area contributed by atoms with Crippen LogP contribution in [0.3, 0.4) is 0 Å². The van der Waals surface area contributed by atoms with E-state index in [1.165, 1.54) is 0 Å². The lowest BCUT2D eigenvalue weighted by molar-refractivity contribution is 0.0211. The number of halogens is 1. The van der Waals surface area contributed by atoms with Crippen molar-refractivity contribution in [1.29, 1.82) is 0 Å². The molecule has 0 bridgehead atoms. The molecule has 0 aromatic heterocycles. The minimum Gasteiger partial charge on any atom is -0.317 e. The van der Waals surface area contributed by atoms with Crippen molar-refractivity contribution in [1.82, 2.24) is 10.6 Å². The zero-order valence-electron chi connectivity index (χ0n) is 8.98. The maximum atomic E-state index is 14.3. The molecule has 0 aliphatic carbocycles. The molecule has 0 aromatic rings. The van der Waals surface area contributed by atoms with Gasteiger partial charge in [-0.1, -0.05) is 0 Å². The van der Waals surface area contributed by atoms with Crippen LogP contribution in [0.2, 0.25) is 0 Å². The van der Waals surface area contributed by atoms with Crippen LogP contribution in [-0.4, -0.2) is 31.8 Å². The Labute approximate surface area is 85.6 Å². The van der Waals surface area contributed by atoms with E-state index < -0.39 is 5.67 Å². The van der Waals surface area contributed by atoms with E-state index in [-0.39, 0.29) is 5.92 Å². The van der Waals surface area contributed by atoms with Crippen molar-refractivity contribution in [3.63, 3.8) is 0 Å². The Morgan fingerprint density at radius 2 is 1.86 bits per heavy atom. The second-order valence-corrected chi connectivity index (χ2v) is 4.93. The van der Waals surface area contributed by atoms with E-state index >= 15 is 0 Å². The van der Waals surface area contributed by atoms with E-state index in [1.54, 1.807) is 6.92 Å². The molecule has 2 unspecified atom stereocenters. The average molecular weight is 200 g/mol. The molecular formula is C11H21FN2. The smallest absolute Gasteiger partial charge is 0.113 e. The lowest BCUT2D eigenvalue weighted by Gasteiger charge is -2.41. The first-order chi connectivity index (χ1) is 6.70. The van der Waals surface area contributed by atoms with Gasteiger partial charge in [-0.05, 0) is 51.7 Å². The van der Waals surface area contributed by atoms with Crippen LogP contribution in [0, 0.1) is 11.8 Å². The summed E-state index contributed by atoms with van der Waals surface area (Å²) in [5, 5.41) is 6.67. The van der Waals surface area contributed by atoms with Gasteiger partial charge in [-0.15, -0.1) is 0 Å².